The molecule has 1 fully saturated rings. The monoisotopic (exact) mass is 552 g/mol. The zero-order valence-electron chi connectivity index (χ0n) is 18.0. The number of hydrogen-bond acceptors (Lipinski definition) is 5. The van der Waals surface area contributed by atoms with Gasteiger partial charge in [-0.3, -0.25) is 14.5 Å². The van der Waals surface area contributed by atoms with Gasteiger partial charge in [0.1, 0.15) is 5.76 Å². The Bertz CT molecular complexity index is 1460. The van der Waals surface area contributed by atoms with Crippen molar-refractivity contribution in [2.75, 3.05) is 4.90 Å². The lowest BCUT2D eigenvalue weighted by Crippen LogP contribution is -2.29. The van der Waals surface area contributed by atoms with Gasteiger partial charge >= 0.3 is 5.91 Å². The van der Waals surface area contributed by atoms with Gasteiger partial charge in [-0.05, 0) is 66.1 Å². The molecule has 1 aromatic heterocycles. The number of benzene rings is 3. The molecule has 2 heterocycles. The molecule has 170 valence electrons. The first kappa shape index (κ1) is 22.8. The first-order valence-electron chi connectivity index (χ1n) is 10.6. The number of hydrogen-bond donors (Lipinski definition) is 1. The lowest BCUT2D eigenvalue weighted by molar-refractivity contribution is -0.132. The van der Waals surface area contributed by atoms with E-state index in [-0.39, 0.29) is 11.3 Å². The number of carbonyl (C=O) groups is 2. The minimum absolute atomic E-state index is 0.0168. The molecule has 1 aliphatic rings. The van der Waals surface area contributed by atoms with Crippen LogP contribution in [0.25, 0.3) is 16.0 Å². The highest BCUT2D eigenvalue weighted by atomic mass is 79.9. The van der Waals surface area contributed by atoms with Crippen molar-refractivity contribution in [2.45, 2.75) is 19.4 Å². The molecule has 1 amide bonds. The molecular formula is C26H18BrClN2O3S. The van der Waals surface area contributed by atoms with Crippen LogP contribution < -0.4 is 4.90 Å². The number of carbonyl (C=O) groups excluding carboxylic acids is 2. The third-order valence-corrected chi connectivity index (χ3v) is 7.60. The number of rotatable bonds is 4. The van der Waals surface area contributed by atoms with Gasteiger partial charge in [0.05, 0.1) is 21.8 Å². The van der Waals surface area contributed by atoms with Crippen molar-refractivity contribution in [1.82, 2.24) is 4.98 Å². The second kappa shape index (κ2) is 8.98. The van der Waals surface area contributed by atoms with Crippen LogP contribution >= 0.6 is 38.9 Å². The maximum absolute atomic E-state index is 13.3. The fraction of sp³-hybridized carbons (Fsp3) is 0.115. The minimum atomic E-state index is -0.824. The fourth-order valence-electron chi connectivity index (χ4n) is 4.03. The van der Waals surface area contributed by atoms with Crippen LogP contribution in [0.3, 0.4) is 0 Å². The molecule has 4 aromatic rings. The zero-order chi connectivity index (χ0) is 24.0. The van der Waals surface area contributed by atoms with Gasteiger partial charge in [-0.15, -0.1) is 0 Å². The number of Topliss-reactive ketones (excluding diaryl/α,β-unsaturated/α-hetero) is 1. The SMILES string of the molecule is CCc1ccc2nc(N3C(=O)C(=O)C(=C(O)c4ccc(Cl)cc4)C3c3ccc(Br)cc3)sc2c1. The highest BCUT2D eigenvalue weighted by Crippen LogP contribution is 2.44. The highest BCUT2D eigenvalue weighted by Gasteiger charge is 2.48. The molecule has 8 heteroatoms. The normalized spacial score (nSPS) is 17.6. The molecule has 34 heavy (non-hydrogen) atoms. The summed E-state index contributed by atoms with van der Waals surface area (Å²) in [6, 6.07) is 19.0. The average molecular weight is 554 g/mol. The molecule has 3 aromatic carbocycles. The Morgan fingerprint density at radius 3 is 2.47 bits per heavy atom. The van der Waals surface area contributed by atoms with Crippen molar-refractivity contribution in [2.24, 2.45) is 0 Å². The fourth-order valence-corrected chi connectivity index (χ4v) is 5.48. The average Bonchev–Trinajstić information content (AvgIpc) is 3.37. The summed E-state index contributed by atoms with van der Waals surface area (Å²) in [7, 11) is 0. The molecule has 1 atom stereocenters. The Morgan fingerprint density at radius 1 is 1.09 bits per heavy atom. The van der Waals surface area contributed by atoms with Crippen LogP contribution in [-0.2, 0) is 16.0 Å². The summed E-state index contributed by atoms with van der Waals surface area (Å²) in [6.45, 7) is 2.08. The number of amides is 1. The Balaban J connectivity index is 1.71. The van der Waals surface area contributed by atoms with Crippen molar-refractivity contribution < 1.29 is 14.7 Å². The molecule has 1 N–H and O–H groups in total. The van der Waals surface area contributed by atoms with Gasteiger partial charge in [0.15, 0.2) is 5.13 Å². The summed E-state index contributed by atoms with van der Waals surface area (Å²) < 4.78 is 1.79. The van der Waals surface area contributed by atoms with Crippen LogP contribution in [0.1, 0.15) is 29.7 Å². The van der Waals surface area contributed by atoms with Crippen molar-refractivity contribution >= 4 is 71.7 Å². The second-order valence-electron chi connectivity index (χ2n) is 7.88. The molecule has 1 unspecified atom stereocenters. The Kier molecular flexibility index (Phi) is 6.02. The van der Waals surface area contributed by atoms with Gasteiger partial charge in [-0.25, -0.2) is 4.98 Å². The Morgan fingerprint density at radius 2 is 1.79 bits per heavy atom. The van der Waals surface area contributed by atoms with E-state index >= 15 is 0 Å². The van der Waals surface area contributed by atoms with E-state index in [0.29, 0.717) is 21.3 Å². The maximum atomic E-state index is 13.3. The van der Waals surface area contributed by atoms with Gasteiger partial charge in [0.25, 0.3) is 5.78 Å². The van der Waals surface area contributed by atoms with Crippen LogP contribution in [-0.4, -0.2) is 21.8 Å². The van der Waals surface area contributed by atoms with Gasteiger partial charge in [-0.2, -0.15) is 0 Å². The molecule has 0 saturated carbocycles. The van der Waals surface area contributed by atoms with E-state index in [4.69, 9.17) is 11.6 Å². The van der Waals surface area contributed by atoms with Crippen molar-refractivity contribution in [1.29, 1.82) is 0 Å². The molecule has 0 radical (unpaired) electrons. The van der Waals surface area contributed by atoms with Crippen LogP contribution in [0.2, 0.25) is 5.02 Å². The van der Waals surface area contributed by atoms with Gasteiger partial charge in [-0.1, -0.05) is 64.0 Å². The van der Waals surface area contributed by atoms with Gasteiger partial charge < -0.3 is 5.11 Å². The van der Waals surface area contributed by atoms with Crippen molar-refractivity contribution in [3.05, 3.63) is 98.5 Å². The molecule has 0 aliphatic carbocycles. The number of aryl methyl sites for hydroxylation is 1. The zero-order valence-corrected chi connectivity index (χ0v) is 21.1. The predicted molar refractivity (Wildman–Crippen MR) is 139 cm³/mol. The number of anilines is 1. The number of halogens is 2. The van der Waals surface area contributed by atoms with E-state index in [9.17, 15) is 14.7 Å². The molecule has 5 nitrogen and oxygen atoms in total. The maximum Gasteiger partial charge on any atom is 0.301 e. The third kappa shape index (κ3) is 3.94. The van der Waals surface area contributed by atoms with Crippen LogP contribution in [0.15, 0.2) is 76.8 Å². The smallest absolute Gasteiger partial charge is 0.301 e. The summed E-state index contributed by atoms with van der Waals surface area (Å²) in [5, 5.41) is 12.1. The standard InChI is InChI=1S/C26H18BrClN2O3S/c1-2-14-3-12-19-20(13-14)34-26(29-19)30-22(15-4-8-17(27)9-5-15)21(24(32)25(30)33)23(31)16-6-10-18(28)11-7-16/h3-13,22,31H,2H2,1H3. The number of aromatic nitrogens is 1. The van der Waals surface area contributed by atoms with E-state index in [0.717, 1.165) is 26.7 Å². The largest absolute Gasteiger partial charge is 0.507 e. The number of nitrogens with zero attached hydrogens (tertiary/aromatic N) is 2. The van der Waals surface area contributed by atoms with Crippen LogP contribution in [0.4, 0.5) is 5.13 Å². The molecule has 1 aliphatic heterocycles. The topological polar surface area (TPSA) is 70.5 Å². The lowest BCUT2D eigenvalue weighted by atomic mass is 9.95. The van der Waals surface area contributed by atoms with Crippen LogP contribution in [0, 0.1) is 0 Å². The first-order chi connectivity index (χ1) is 16.4. The van der Waals surface area contributed by atoms with E-state index in [1.807, 2.05) is 36.4 Å². The number of aliphatic hydroxyl groups excluding tert-OH is 1. The van der Waals surface area contributed by atoms with E-state index < -0.39 is 17.7 Å². The molecular weight excluding hydrogens is 536 g/mol. The van der Waals surface area contributed by atoms with E-state index in [1.165, 1.54) is 16.2 Å². The van der Waals surface area contributed by atoms with Crippen LogP contribution in [0.5, 0.6) is 0 Å². The molecule has 0 spiro atoms. The second-order valence-corrected chi connectivity index (χ2v) is 10.2. The Labute approximate surface area is 213 Å². The summed E-state index contributed by atoms with van der Waals surface area (Å²) in [4.78, 5) is 32.7. The van der Waals surface area contributed by atoms with E-state index in [2.05, 4.69) is 33.9 Å². The van der Waals surface area contributed by atoms with Crippen molar-refractivity contribution in [3.8, 4) is 0 Å². The third-order valence-electron chi connectivity index (χ3n) is 5.80. The molecule has 1 saturated heterocycles. The minimum Gasteiger partial charge on any atom is -0.507 e. The number of ketones is 1. The van der Waals surface area contributed by atoms with Gasteiger partial charge in [0, 0.05) is 15.1 Å². The summed E-state index contributed by atoms with van der Waals surface area (Å²) in [5.41, 5.74) is 3.03. The summed E-state index contributed by atoms with van der Waals surface area (Å²) >= 11 is 10.8. The van der Waals surface area contributed by atoms with Crippen molar-refractivity contribution in [3.63, 3.8) is 0 Å². The number of fused-ring (bicyclic) bond motifs is 1. The Hall–Kier alpha value is -3.00. The first-order valence-corrected chi connectivity index (χ1v) is 12.6. The van der Waals surface area contributed by atoms with E-state index in [1.54, 1.807) is 24.3 Å². The summed E-state index contributed by atoms with van der Waals surface area (Å²) in [6.07, 6.45) is 0.883. The number of thiazole rings is 1. The molecule has 0 bridgehead atoms. The predicted octanol–water partition coefficient (Wildman–Crippen LogP) is 6.90. The van der Waals surface area contributed by atoms with Gasteiger partial charge in [0.2, 0.25) is 0 Å². The number of aliphatic hydroxyl groups is 1. The quantitative estimate of drug-likeness (QED) is 0.169. The summed E-state index contributed by atoms with van der Waals surface area (Å²) in [5.74, 6) is -1.73. The highest BCUT2D eigenvalue weighted by molar-refractivity contribution is 9.10. The lowest BCUT2D eigenvalue weighted by Gasteiger charge is -2.23. The molecule has 5 rings (SSSR count).